The van der Waals surface area contributed by atoms with E-state index in [1.807, 2.05) is 24.3 Å². The second kappa shape index (κ2) is 4.87. The first kappa shape index (κ1) is 11.9. The van der Waals surface area contributed by atoms with Crippen LogP contribution in [0.1, 0.15) is 18.4 Å². The molecule has 0 saturated heterocycles. The molecule has 1 aliphatic rings. The molecule has 0 bridgehead atoms. The minimum Gasteiger partial charge on any atom is -0.381 e. The van der Waals surface area contributed by atoms with E-state index in [1.165, 1.54) is 0 Å². The molecule has 4 heteroatoms. The quantitative estimate of drug-likeness (QED) is 0.913. The van der Waals surface area contributed by atoms with Crippen molar-refractivity contribution >= 4 is 16.6 Å². The maximum atomic E-state index is 9.22. The number of benzene rings is 1. The summed E-state index contributed by atoms with van der Waals surface area (Å²) in [7, 11) is 1.74. The first-order valence-electron chi connectivity index (χ1n) is 6.39. The normalized spacial score (nSPS) is 21.7. The zero-order valence-electron chi connectivity index (χ0n) is 10.8. The second-order valence-electron chi connectivity index (χ2n) is 4.85. The molecule has 0 amide bonds. The van der Waals surface area contributed by atoms with Crippen LogP contribution >= 0.6 is 0 Å². The molecule has 19 heavy (non-hydrogen) atoms. The van der Waals surface area contributed by atoms with E-state index in [-0.39, 0.29) is 0 Å². The Bertz CT molecular complexity index is 641. The number of anilines is 1. The zero-order chi connectivity index (χ0) is 13.2. The Labute approximate surface area is 112 Å². The highest BCUT2D eigenvalue weighted by Gasteiger charge is 2.29. The first-order valence-corrected chi connectivity index (χ1v) is 6.39. The fraction of sp³-hybridized carbons (Fsp3) is 0.333. The molecule has 4 nitrogen and oxygen atoms in total. The van der Waals surface area contributed by atoms with Gasteiger partial charge in [0.1, 0.15) is 6.07 Å². The van der Waals surface area contributed by atoms with Gasteiger partial charge < -0.3 is 10.1 Å². The third kappa shape index (κ3) is 2.13. The third-order valence-electron chi connectivity index (χ3n) is 3.67. The van der Waals surface area contributed by atoms with E-state index in [4.69, 9.17) is 4.74 Å². The monoisotopic (exact) mass is 253 g/mol. The summed E-state index contributed by atoms with van der Waals surface area (Å²) in [5.74, 6) is 0. The van der Waals surface area contributed by atoms with Gasteiger partial charge in [0, 0.05) is 24.7 Å². The molecule has 1 fully saturated rings. The van der Waals surface area contributed by atoms with Crippen molar-refractivity contribution in [1.29, 1.82) is 5.26 Å². The van der Waals surface area contributed by atoms with Crippen LogP contribution in [0.3, 0.4) is 0 Å². The molecule has 0 aliphatic heterocycles. The number of fused-ring (bicyclic) bond motifs is 1. The maximum absolute atomic E-state index is 9.22. The van der Waals surface area contributed by atoms with Crippen LogP contribution in [0, 0.1) is 11.3 Å². The summed E-state index contributed by atoms with van der Waals surface area (Å²) in [6.07, 6.45) is 3.95. The fourth-order valence-corrected chi connectivity index (χ4v) is 2.46. The number of ether oxygens (including phenoxy) is 1. The minimum absolute atomic E-state index is 0.344. The van der Waals surface area contributed by atoms with Crippen LogP contribution in [0.4, 0.5) is 5.69 Å². The van der Waals surface area contributed by atoms with E-state index in [2.05, 4.69) is 16.4 Å². The standard InChI is InChI=1S/C15H15N3O/c1-19-12-6-11(7-12)18-15-10(8-16)9-17-14-5-3-2-4-13(14)15/h2-5,9,11-12H,6-7H2,1H3,(H,17,18). The van der Waals surface area contributed by atoms with Gasteiger partial charge in [-0.15, -0.1) is 0 Å². The average molecular weight is 253 g/mol. The second-order valence-corrected chi connectivity index (χ2v) is 4.85. The Hall–Kier alpha value is -2.12. The summed E-state index contributed by atoms with van der Waals surface area (Å²) < 4.78 is 5.28. The summed E-state index contributed by atoms with van der Waals surface area (Å²) >= 11 is 0. The van der Waals surface area contributed by atoms with Crippen molar-refractivity contribution < 1.29 is 4.74 Å². The molecule has 1 heterocycles. The summed E-state index contributed by atoms with van der Waals surface area (Å²) in [4.78, 5) is 4.31. The molecule has 96 valence electrons. The molecule has 3 rings (SSSR count). The SMILES string of the molecule is COC1CC(Nc2c(C#N)cnc3ccccc23)C1. The minimum atomic E-state index is 0.344. The van der Waals surface area contributed by atoms with Gasteiger partial charge in [-0.3, -0.25) is 4.98 Å². The lowest BCUT2D eigenvalue weighted by atomic mass is 9.88. The van der Waals surface area contributed by atoms with Crippen LogP contribution < -0.4 is 5.32 Å². The molecule has 1 aromatic carbocycles. The molecule has 0 spiro atoms. The Morgan fingerprint density at radius 2 is 2.16 bits per heavy atom. The van der Waals surface area contributed by atoms with Crippen LogP contribution in [-0.4, -0.2) is 24.2 Å². The summed E-state index contributed by atoms with van der Waals surface area (Å²) in [5, 5.41) is 13.7. The number of rotatable bonds is 3. The van der Waals surface area contributed by atoms with Gasteiger partial charge in [0.05, 0.1) is 22.9 Å². The number of nitrogens with one attached hydrogen (secondary N) is 1. The highest BCUT2D eigenvalue weighted by atomic mass is 16.5. The fourth-order valence-electron chi connectivity index (χ4n) is 2.46. The number of nitriles is 1. The molecule has 0 atom stereocenters. The van der Waals surface area contributed by atoms with Gasteiger partial charge in [-0.25, -0.2) is 0 Å². The van der Waals surface area contributed by atoms with Gasteiger partial charge in [0.2, 0.25) is 0 Å². The van der Waals surface area contributed by atoms with Crippen LogP contribution in [0.15, 0.2) is 30.5 Å². The van der Waals surface area contributed by atoms with Crippen molar-refractivity contribution in [2.24, 2.45) is 0 Å². The summed E-state index contributed by atoms with van der Waals surface area (Å²) in [6, 6.07) is 10.5. The maximum Gasteiger partial charge on any atom is 0.103 e. The number of nitrogens with zero attached hydrogens (tertiary/aromatic N) is 2. The van der Waals surface area contributed by atoms with Gasteiger partial charge in [0.15, 0.2) is 0 Å². The van der Waals surface area contributed by atoms with Crippen molar-refractivity contribution in [3.8, 4) is 6.07 Å². The van der Waals surface area contributed by atoms with Crippen LogP contribution in [0.5, 0.6) is 0 Å². The van der Waals surface area contributed by atoms with Crippen molar-refractivity contribution in [1.82, 2.24) is 4.98 Å². The van der Waals surface area contributed by atoms with Crippen LogP contribution in [0.2, 0.25) is 0 Å². The zero-order valence-corrected chi connectivity index (χ0v) is 10.8. The van der Waals surface area contributed by atoms with E-state index in [0.29, 0.717) is 17.7 Å². The molecule has 1 N–H and O–H groups in total. The van der Waals surface area contributed by atoms with Crippen molar-refractivity contribution in [2.75, 3.05) is 12.4 Å². The Kier molecular flexibility index (Phi) is 3.06. The predicted molar refractivity (Wildman–Crippen MR) is 73.9 cm³/mol. The number of aromatic nitrogens is 1. The first-order chi connectivity index (χ1) is 9.31. The Morgan fingerprint density at radius 3 is 2.89 bits per heavy atom. The van der Waals surface area contributed by atoms with Crippen LogP contribution in [0.25, 0.3) is 10.9 Å². The van der Waals surface area contributed by atoms with Crippen molar-refractivity contribution in [3.63, 3.8) is 0 Å². The molecular weight excluding hydrogens is 238 g/mol. The highest BCUT2D eigenvalue weighted by Crippen LogP contribution is 2.31. The van der Waals surface area contributed by atoms with Crippen molar-refractivity contribution in [3.05, 3.63) is 36.0 Å². The van der Waals surface area contributed by atoms with Gasteiger partial charge in [-0.05, 0) is 18.9 Å². The molecule has 2 aromatic rings. The molecular formula is C15H15N3O. The van der Waals surface area contributed by atoms with E-state index in [1.54, 1.807) is 13.3 Å². The topological polar surface area (TPSA) is 57.9 Å². The number of methoxy groups -OCH3 is 1. The lowest BCUT2D eigenvalue weighted by Crippen LogP contribution is -2.40. The third-order valence-corrected chi connectivity index (χ3v) is 3.67. The molecule has 1 aliphatic carbocycles. The van der Waals surface area contributed by atoms with Crippen molar-refractivity contribution in [2.45, 2.75) is 25.0 Å². The van der Waals surface area contributed by atoms with Crippen LogP contribution in [-0.2, 0) is 4.74 Å². The number of para-hydroxylation sites is 1. The number of pyridine rings is 1. The lowest BCUT2D eigenvalue weighted by Gasteiger charge is -2.35. The van der Waals surface area contributed by atoms with E-state index >= 15 is 0 Å². The molecule has 1 aromatic heterocycles. The van der Waals surface area contributed by atoms with E-state index < -0.39 is 0 Å². The molecule has 1 saturated carbocycles. The average Bonchev–Trinajstić information content (AvgIpc) is 2.42. The van der Waals surface area contributed by atoms with Gasteiger partial charge in [-0.2, -0.15) is 5.26 Å². The largest absolute Gasteiger partial charge is 0.381 e. The van der Waals surface area contributed by atoms with Gasteiger partial charge in [0.25, 0.3) is 0 Å². The number of hydrogen-bond donors (Lipinski definition) is 1. The smallest absolute Gasteiger partial charge is 0.103 e. The van der Waals surface area contributed by atoms with E-state index in [9.17, 15) is 5.26 Å². The highest BCUT2D eigenvalue weighted by molar-refractivity contribution is 5.94. The predicted octanol–water partition coefficient (Wildman–Crippen LogP) is 2.70. The molecule has 0 unspecified atom stereocenters. The number of hydrogen-bond acceptors (Lipinski definition) is 4. The van der Waals surface area contributed by atoms with Gasteiger partial charge >= 0.3 is 0 Å². The summed E-state index contributed by atoms with van der Waals surface area (Å²) in [6.45, 7) is 0. The Balaban J connectivity index is 1.95. The lowest BCUT2D eigenvalue weighted by molar-refractivity contribution is 0.0329. The molecule has 0 radical (unpaired) electrons. The van der Waals surface area contributed by atoms with E-state index in [0.717, 1.165) is 29.4 Å². The Morgan fingerprint density at radius 1 is 1.37 bits per heavy atom. The van der Waals surface area contributed by atoms with Gasteiger partial charge in [-0.1, -0.05) is 18.2 Å². The summed E-state index contributed by atoms with van der Waals surface area (Å²) in [5.41, 5.74) is 2.40.